The fourth-order valence-corrected chi connectivity index (χ4v) is 1.73. The van der Waals surface area contributed by atoms with Crippen molar-refractivity contribution in [2.45, 2.75) is 6.04 Å². The van der Waals surface area contributed by atoms with Gasteiger partial charge in [0, 0.05) is 5.75 Å². The van der Waals surface area contributed by atoms with Gasteiger partial charge in [-0.15, -0.1) is 0 Å². The molecule has 2 rings (SSSR count). The van der Waals surface area contributed by atoms with Crippen LogP contribution in [0.3, 0.4) is 0 Å². The zero-order valence-electron chi connectivity index (χ0n) is 9.78. The maximum Gasteiger partial charge on any atom is 0.327 e. The summed E-state index contributed by atoms with van der Waals surface area (Å²) in [6.07, 6.45) is 1.31. The number of hydrogen-bond acceptors (Lipinski definition) is 5. The van der Waals surface area contributed by atoms with Gasteiger partial charge in [-0.3, -0.25) is 9.78 Å². The largest absolute Gasteiger partial charge is 0.480 e. The molecule has 0 saturated heterocycles. The Bertz CT molecular complexity index is 632. The molecule has 1 heterocycles. The van der Waals surface area contributed by atoms with Gasteiger partial charge in [0.15, 0.2) is 0 Å². The van der Waals surface area contributed by atoms with E-state index < -0.39 is 17.9 Å². The highest BCUT2D eigenvalue weighted by Crippen LogP contribution is 2.08. The molecule has 0 fully saturated rings. The lowest BCUT2D eigenvalue weighted by Crippen LogP contribution is -2.42. The van der Waals surface area contributed by atoms with Crippen molar-refractivity contribution in [3.8, 4) is 0 Å². The zero-order valence-corrected chi connectivity index (χ0v) is 10.7. The van der Waals surface area contributed by atoms with Crippen molar-refractivity contribution in [3.05, 3.63) is 36.2 Å². The second kappa shape index (κ2) is 5.66. The van der Waals surface area contributed by atoms with Gasteiger partial charge in [0.2, 0.25) is 0 Å². The Hall–Kier alpha value is -2.15. The van der Waals surface area contributed by atoms with Crippen molar-refractivity contribution in [1.82, 2.24) is 15.3 Å². The molecule has 0 saturated carbocycles. The highest BCUT2D eigenvalue weighted by atomic mass is 32.1. The van der Waals surface area contributed by atoms with Crippen LogP contribution in [0.4, 0.5) is 0 Å². The molecular formula is C12H11N3O3S. The summed E-state index contributed by atoms with van der Waals surface area (Å²) in [6.45, 7) is 0. The van der Waals surface area contributed by atoms with Crippen LogP contribution in [-0.4, -0.2) is 38.7 Å². The summed E-state index contributed by atoms with van der Waals surface area (Å²) in [5, 5.41) is 11.2. The molecule has 2 aromatic rings. The van der Waals surface area contributed by atoms with Crippen LogP contribution in [0.25, 0.3) is 11.0 Å². The number of amides is 1. The molecule has 1 aromatic heterocycles. The maximum absolute atomic E-state index is 11.9. The molecule has 1 atom stereocenters. The first-order chi connectivity index (χ1) is 9.11. The summed E-state index contributed by atoms with van der Waals surface area (Å²) in [4.78, 5) is 30.9. The number of nitrogens with zero attached hydrogens (tertiary/aromatic N) is 2. The van der Waals surface area contributed by atoms with Crippen LogP contribution in [0.5, 0.6) is 0 Å². The predicted octanol–water partition coefficient (Wildman–Crippen LogP) is 0.743. The third kappa shape index (κ3) is 3.00. The first-order valence-corrected chi connectivity index (χ1v) is 6.11. The number of carbonyl (C=O) groups excluding carboxylic acids is 1. The molecule has 0 bridgehead atoms. The number of aliphatic carboxylic acids is 1. The van der Waals surface area contributed by atoms with Gasteiger partial charge in [0.25, 0.3) is 5.91 Å². The topological polar surface area (TPSA) is 92.2 Å². The van der Waals surface area contributed by atoms with Crippen LogP contribution in [0, 0.1) is 0 Å². The van der Waals surface area contributed by atoms with Crippen molar-refractivity contribution in [2.75, 3.05) is 5.75 Å². The molecule has 19 heavy (non-hydrogen) atoms. The molecular weight excluding hydrogens is 266 g/mol. The molecule has 7 heteroatoms. The van der Waals surface area contributed by atoms with Gasteiger partial charge in [-0.05, 0) is 12.1 Å². The van der Waals surface area contributed by atoms with Crippen molar-refractivity contribution in [1.29, 1.82) is 0 Å². The number of nitrogens with one attached hydrogen (secondary N) is 1. The lowest BCUT2D eigenvalue weighted by atomic mass is 10.2. The SMILES string of the molecule is O=C(N[C@@H](CS)C(=O)O)c1cnc2ccccc2n1. The fourth-order valence-electron chi connectivity index (χ4n) is 1.48. The Kier molecular flexibility index (Phi) is 3.96. The molecule has 0 radical (unpaired) electrons. The Labute approximate surface area is 114 Å². The van der Waals surface area contributed by atoms with E-state index in [1.807, 2.05) is 6.07 Å². The monoisotopic (exact) mass is 277 g/mol. The van der Waals surface area contributed by atoms with E-state index in [1.165, 1.54) is 6.20 Å². The van der Waals surface area contributed by atoms with Crippen LogP contribution in [-0.2, 0) is 4.79 Å². The summed E-state index contributed by atoms with van der Waals surface area (Å²) in [6, 6.07) is 6.05. The molecule has 98 valence electrons. The van der Waals surface area contributed by atoms with Crippen molar-refractivity contribution in [2.24, 2.45) is 0 Å². The highest BCUT2D eigenvalue weighted by Gasteiger charge is 2.19. The number of aromatic nitrogens is 2. The lowest BCUT2D eigenvalue weighted by molar-refractivity contribution is -0.138. The minimum absolute atomic E-state index is 0.00207. The maximum atomic E-state index is 11.9. The van der Waals surface area contributed by atoms with Gasteiger partial charge in [-0.1, -0.05) is 12.1 Å². The van der Waals surface area contributed by atoms with E-state index in [-0.39, 0.29) is 11.4 Å². The summed E-state index contributed by atoms with van der Waals surface area (Å²) >= 11 is 3.87. The minimum Gasteiger partial charge on any atom is -0.480 e. The Morgan fingerprint density at radius 2 is 2.00 bits per heavy atom. The zero-order chi connectivity index (χ0) is 13.8. The minimum atomic E-state index is -1.14. The van der Waals surface area contributed by atoms with E-state index in [4.69, 9.17) is 5.11 Å². The van der Waals surface area contributed by atoms with E-state index in [9.17, 15) is 9.59 Å². The van der Waals surface area contributed by atoms with E-state index in [1.54, 1.807) is 18.2 Å². The van der Waals surface area contributed by atoms with Gasteiger partial charge in [0.05, 0.1) is 17.2 Å². The number of carboxylic acids is 1. The van der Waals surface area contributed by atoms with Crippen LogP contribution in [0.1, 0.15) is 10.5 Å². The number of fused-ring (bicyclic) bond motifs is 1. The van der Waals surface area contributed by atoms with Crippen LogP contribution >= 0.6 is 12.6 Å². The molecule has 0 spiro atoms. The number of rotatable bonds is 4. The number of para-hydroxylation sites is 2. The number of benzene rings is 1. The van der Waals surface area contributed by atoms with E-state index >= 15 is 0 Å². The van der Waals surface area contributed by atoms with Crippen molar-refractivity contribution >= 4 is 35.5 Å². The highest BCUT2D eigenvalue weighted by molar-refractivity contribution is 7.80. The molecule has 0 aliphatic heterocycles. The standard InChI is InChI=1S/C12H11N3O3S/c16-11(15-10(6-19)12(17)18)9-5-13-7-3-1-2-4-8(7)14-9/h1-5,10,19H,6H2,(H,15,16)(H,17,18)/t10-/m0/s1. The summed E-state index contributed by atoms with van der Waals surface area (Å²) in [7, 11) is 0. The third-order valence-corrected chi connectivity index (χ3v) is 2.83. The Morgan fingerprint density at radius 3 is 2.63 bits per heavy atom. The van der Waals surface area contributed by atoms with E-state index in [2.05, 4.69) is 27.9 Å². The van der Waals surface area contributed by atoms with Crippen LogP contribution in [0.15, 0.2) is 30.5 Å². The summed E-state index contributed by atoms with van der Waals surface area (Å²) < 4.78 is 0. The first-order valence-electron chi connectivity index (χ1n) is 5.48. The quantitative estimate of drug-likeness (QED) is 0.717. The van der Waals surface area contributed by atoms with E-state index in [0.29, 0.717) is 11.0 Å². The molecule has 0 aliphatic carbocycles. The van der Waals surface area contributed by atoms with Crippen LogP contribution in [0.2, 0.25) is 0 Å². The molecule has 1 amide bonds. The van der Waals surface area contributed by atoms with Crippen LogP contribution < -0.4 is 5.32 Å². The average molecular weight is 277 g/mol. The molecule has 6 nitrogen and oxygen atoms in total. The number of carbonyl (C=O) groups is 2. The number of thiol groups is 1. The second-order valence-electron chi connectivity index (χ2n) is 3.79. The number of carboxylic acid groups (broad SMARTS) is 1. The van der Waals surface area contributed by atoms with Crippen molar-refractivity contribution in [3.63, 3.8) is 0 Å². The van der Waals surface area contributed by atoms with Gasteiger partial charge < -0.3 is 10.4 Å². The Morgan fingerprint density at radius 1 is 1.32 bits per heavy atom. The smallest absolute Gasteiger partial charge is 0.327 e. The average Bonchev–Trinajstić information content (AvgIpc) is 2.43. The summed E-state index contributed by atoms with van der Waals surface area (Å²) in [5.41, 5.74) is 1.32. The fraction of sp³-hybridized carbons (Fsp3) is 0.167. The summed E-state index contributed by atoms with van der Waals surface area (Å²) in [5.74, 6) is -1.72. The third-order valence-electron chi connectivity index (χ3n) is 2.47. The van der Waals surface area contributed by atoms with Gasteiger partial charge in [0.1, 0.15) is 11.7 Å². The lowest BCUT2D eigenvalue weighted by Gasteiger charge is -2.11. The number of hydrogen-bond donors (Lipinski definition) is 3. The van der Waals surface area contributed by atoms with Crippen molar-refractivity contribution < 1.29 is 14.7 Å². The Balaban J connectivity index is 2.24. The molecule has 0 unspecified atom stereocenters. The predicted molar refractivity (Wildman–Crippen MR) is 72.3 cm³/mol. The van der Waals surface area contributed by atoms with Gasteiger partial charge in [-0.25, -0.2) is 9.78 Å². The van der Waals surface area contributed by atoms with Gasteiger partial charge in [-0.2, -0.15) is 12.6 Å². The van der Waals surface area contributed by atoms with E-state index in [0.717, 1.165) is 0 Å². The molecule has 2 N–H and O–H groups in total. The van der Waals surface area contributed by atoms with Gasteiger partial charge >= 0.3 is 5.97 Å². The molecule has 0 aliphatic rings. The first kappa shape index (κ1) is 13.3. The second-order valence-corrected chi connectivity index (χ2v) is 4.16. The normalized spacial score (nSPS) is 12.1. The molecule has 1 aromatic carbocycles.